The SMILES string of the molecule is O=C(C1C2CCCCC21)N1CCC(c2noc3cc(F)ccc23)CC1. The zero-order valence-corrected chi connectivity index (χ0v) is 14.3. The third kappa shape index (κ3) is 2.55. The number of carbonyl (C=O) groups is 1. The van der Waals surface area contributed by atoms with Crippen LogP contribution in [-0.4, -0.2) is 29.1 Å². The quantitative estimate of drug-likeness (QED) is 0.825. The van der Waals surface area contributed by atoms with E-state index in [9.17, 15) is 9.18 Å². The van der Waals surface area contributed by atoms with Crippen molar-refractivity contribution >= 4 is 16.9 Å². The van der Waals surface area contributed by atoms with Gasteiger partial charge in [0.2, 0.25) is 5.91 Å². The average Bonchev–Trinajstić information content (AvgIpc) is 3.23. The molecule has 2 saturated carbocycles. The van der Waals surface area contributed by atoms with Crippen LogP contribution in [0.4, 0.5) is 4.39 Å². The molecular formula is C20H23FN2O2. The van der Waals surface area contributed by atoms with E-state index in [0.717, 1.165) is 37.0 Å². The highest BCUT2D eigenvalue weighted by molar-refractivity contribution is 5.83. The summed E-state index contributed by atoms with van der Waals surface area (Å²) in [7, 11) is 0. The molecule has 2 heterocycles. The summed E-state index contributed by atoms with van der Waals surface area (Å²) < 4.78 is 18.6. The number of piperidine rings is 1. The van der Waals surface area contributed by atoms with Gasteiger partial charge in [-0.15, -0.1) is 0 Å². The van der Waals surface area contributed by atoms with Gasteiger partial charge in [0.25, 0.3) is 0 Å². The van der Waals surface area contributed by atoms with Gasteiger partial charge >= 0.3 is 0 Å². The minimum absolute atomic E-state index is 0.289. The fourth-order valence-corrected chi connectivity index (χ4v) is 5.17. The second-order valence-electron chi connectivity index (χ2n) is 7.95. The Morgan fingerprint density at radius 3 is 2.56 bits per heavy atom. The van der Waals surface area contributed by atoms with Crippen LogP contribution < -0.4 is 0 Å². The van der Waals surface area contributed by atoms with Crippen molar-refractivity contribution in [2.75, 3.05) is 13.1 Å². The number of aromatic nitrogens is 1. The van der Waals surface area contributed by atoms with Crippen molar-refractivity contribution in [1.82, 2.24) is 10.1 Å². The van der Waals surface area contributed by atoms with Gasteiger partial charge in [0.15, 0.2) is 5.58 Å². The van der Waals surface area contributed by atoms with Crippen molar-refractivity contribution in [1.29, 1.82) is 0 Å². The summed E-state index contributed by atoms with van der Waals surface area (Å²) in [6.45, 7) is 1.60. The first-order chi connectivity index (χ1) is 12.2. The number of benzene rings is 1. The standard InChI is InChI=1S/C20H23FN2O2/c21-13-5-6-16-17(11-13)25-22-19(16)12-7-9-23(10-8-12)20(24)18-14-3-1-2-4-15(14)18/h5-6,11-12,14-15,18H,1-4,7-10H2. The summed E-state index contributed by atoms with van der Waals surface area (Å²) in [6, 6.07) is 4.60. The predicted octanol–water partition coefficient (Wildman–Crippen LogP) is 4.11. The van der Waals surface area contributed by atoms with Gasteiger partial charge < -0.3 is 9.42 Å². The summed E-state index contributed by atoms with van der Waals surface area (Å²) >= 11 is 0. The first kappa shape index (κ1) is 15.4. The summed E-state index contributed by atoms with van der Waals surface area (Å²) in [5.74, 6) is 2.04. The van der Waals surface area contributed by atoms with Crippen LogP contribution in [0.3, 0.4) is 0 Å². The lowest BCUT2D eigenvalue weighted by molar-refractivity contribution is -0.134. The predicted molar refractivity (Wildman–Crippen MR) is 91.5 cm³/mol. The number of nitrogens with zero attached hydrogens (tertiary/aromatic N) is 2. The summed E-state index contributed by atoms with van der Waals surface area (Å²) in [5, 5.41) is 5.09. The van der Waals surface area contributed by atoms with Crippen LogP contribution in [0, 0.1) is 23.6 Å². The number of carbonyl (C=O) groups excluding carboxylic acids is 1. The molecule has 25 heavy (non-hydrogen) atoms. The second kappa shape index (κ2) is 5.82. The fraction of sp³-hybridized carbons (Fsp3) is 0.600. The van der Waals surface area contributed by atoms with Gasteiger partial charge in [0.05, 0.1) is 5.69 Å². The van der Waals surface area contributed by atoms with Gasteiger partial charge in [0, 0.05) is 36.4 Å². The lowest BCUT2D eigenvalue weighted by Crippen LogP contribution is -2.39. The number of hydrogen-bond acceptors (Lipinski definition) is 3. The number of likely N-dealkylation sites (tertiary alicyclic amines) is 1. The Kier molecular flexibility index (Phi) is 3.57. The molecule has 2 aliphatic carbocycles. The molecule has 3 aliphatic rings. The zero-order valence-electron chi connectivity index (χ0n) is 14.3. The maximum Gasteiger partial charge on any atom is 0.226 e. The molecule has 132 valence electrons. The molecular weight excluding hydrogens is 319 g/mol. The van der Waals surface area contributed by atoms with E-state index in [2.05, 4.69) is 10.1 Å². The molecule has 2 atom stereocenters. The van der Waals surface area contributed by atoms with Crippen molar-refractivity contribution in [2.24, 2.45) is 17.8 Å². The number of rotatable bonds is 2. The molecule has 1 aromatic heterocycles. The largest absolute Gasteiger partial charge is 0.356 e. The Morgan fingerprint density at radius 1 is 1.12 bits per heavy atom. The van der Waals surface area contributed by atoms with E-state index in [1.54, 1.807) is 6.07 Å². The number of amides is 1. The molecule has 1 saturated heterocycles. The molecule has 2 unspecified atom stereocenters. The lowest BCUT2D eigenvalue weighted by atomic mass is 9.91. The van der Waals surface area contributed by atoms with Gasteiger partial charge in [-0.05, 0) is 49.7 Å². The molecule has 0 bridgehead atoms. The topological polar surface area (TPSA) is 46.3 Å². The summed E-state index contributed by atoms with van der Waals surface area (Å²) in [5.41, 5.74) is 1.43. The number of fused-ring (bicyclic) bond motifs is 2. The lowest BCUT2D eigenvalue weighted by Gasteiger charge is -2.31. The molecule has 5 heteroatoms. The molecule has 1 aliphatic heterocycles. The summed E-state index contributed by atoms with van der Waals surface area (Å²) in [6.07, 6.45) is 6.91. The van der Waals surface area contributed by atoms with Crippen molar-refractivity contribution < 1.29 is 13.7 Å². The van der Waals surface area contributed by atoms with Gasteiger partial charge in [-0.3, -0.25) is 4.79 Å². The second-order valence-corrected chi connectivity index (χ2v) is 7.95. The monoisotopic (exact) mass is 342 g/mol. The highest BCUT2D eigenvalue weighted by Gasteiger charge is 2.55. The van der Waals surface area contributed by atoms with E-state index in [1.807, 2.05) is 0 Å². The van der Waals surface area contributed by atoms with Crippen molar-refractivity contribution in [2.45, 2.75) is 44.4 Å². The molecule has 1 aromatic carbocycles. The van der Waals surface area contributed by atoms with Crippen molar-refractivity contribution in [3.8, 4) is 0 Å². The zero-order chi connectivity index (χ0) is 17.0. The Balaban J connectivity index is 1.26. The molecule has 4 nitrogen and oxygen atoms in total. The first-order valence-electron chi connectivity index (χ1n) is 9.56. The van der Waals surface area contributed by atoms with E-state index in [1.165, 1.54) is 37.8 Å². The van der Waals surface area contributed by atoms with E-state index >= 15 is 0 Å². The van der Waals surface area contributed by atoms with Gasteiger partial charge in [-0.1, -0.05) is 18.0 Å². The normalized spacial score (nSPS) is 29.6. The first-order valence-corrected chi connectivity index (χ1v) is 9.56. The molecule has 2 aromatic rings. The van der Waals surface area contributed by atoms with Gasteiger partial charge in [-0.25, -0.2) is 4.39 Å². The Labute approximate surface area is 146 Å². The van der Waals surface area contributed by atoms with Crippen LogP contribution >= 0.6 is 0 Å². The molecule has 5 rings (SSSR count). The van der Waals surface area contributed by atoms with Crippen LogP contribution in [0.1, 0.15) is 50.1 Å². The van der Waals surface area contributed by atoms with Crippen LogP contribution in [0.25, 0.3) is 11.0 Å². The minimum Gasteiger partial charge on any atom is -0.356 e. The maximum atomic E-state index is 13.3. The van der Waals surface area contributed by atoms with E-state index in [0.29, 0.717) is 29.2 Å². The molecule has 0 radical (unpaired) electrons. The van der Waals surface area contributed by atoms with Crippen molar-refractivity contribution in [3.63, 3.8) is 0 Å². The Bertz CT molecular complexity index is 797. The van der Waals surface area contributed by atoms with Crippen LogP contribution in [0.5, 0.6) is 0 Å². The van der Waals surface area contributed by atoms with Gasteiger partial charge in [0.1, 0.15) is 5.82 Å². The third-order valence-electron chi connectivity index (χ3n) is 6.60. The van der Waals surface area contributed by atoms with Crippen molar-refractivity contribution in [3.05, 3.63) is 29.7 Å². The van der Waals surface area contributed by atoms with Crippen LogP contribution in [0.2, 0.25) is 0 Å². The number of halogens is 1. The molecule has 1 amide bonds. The minimum atomic E-state index is -0.304. The highest BCUT2D eigenvalue weighted by atomic mass is 19.1. The Hall–Kier alpha value is -1.91. The van der Waals surface area contributed by atoms with E-state index in [-0.39, 0.29) is 11.7 Å². The maximum absolute atomic E-state index is 13.3. The fourth-order valence-electron chi connectivity index (χ4n) is 5.17. The smallest absolute Gasteiger partial charge is 0.226 e. The third-order valence-corrected chi connectivity index (χ3v) is 6.60. The molecule has 3 fully saturated rings. The Morgan fingerprint density at radius 2 is 1.84 bits per heavy atom. The van der Waals surface area contributed by atoms with Crippen LogP contribution in [0.15, 0.2) is 22.7 Å². The summed E-state index contributed by atoms with van der Waals surface area (Å²) in [4.78, 5) is 14.9. The highest BCUT2D eigenvalue weighted by Crippen LogP contribution is 2.56. The average molecular weight is 342 g/mol. The van der Waals surface area contributed by atoms with Crippen LogP contribution in [-0.2, 0) is 4.79 Å². The molecule has 0 spiro atoms. The van der Waals surface area contributed by atoms with E-state index < -0.39 is 0 Å². The van der Waals surface area contributed by atoms with Gasteiger partial charge in [-0.2, -0.15) is 0 Å². The van der Waals surface area contributed by atoms with E-state index in [4.69, 9.17) is 4.52 Å². The molecule has 0 N–H and O–H groups in total. The number of hydrogen-bond donors (Lipinski definition) is 0.